The molecule has 0 saturated carbocycles. The van der Waals surface area contributed by atoms with Gasteiger partial charge in [-0.25, -0.2) is 4.39 Å². The molecule has 106 valence electrons. The smallest absolute Gasteiger partial charge is 0.129 e. The Morgan fingerprint density at radius 3 is 2.95 bits per heavy atom. The predicted molar refractivity (Wildman–Crippen MR) is 73.9 cm³/mol. The van der Waals surface area contributed by atoms with E-state index in [1.807, 2.05) is 10.9 Å². The number of rotatable bonds is 2. The van der Waals surface area contributed by atoms with E-state index in [0.717, 1.165) is 11.1 Å². The van der Waals surface area contributed by atoms with E-state index in [0.29, 0.717) is 18.2 Å². The summed E-state index contributed by atoms with van der Waals surface area (Å²) in [6, 6.07) is 4.66. The molecule has 1 aliphatic rings. The van der Waals surface area contributed by atoms with Crippen molar-refractivity contribution in [3.05, 3.63) is 47.5 Å². The molecule has 0 spiro atoms. The van der Waals surface area contributed by atoms with Crippen molar-refractivity contribution in [2.45, 2.75) is 38.5 Å². The summed E-state index contributed by atoms with van der Waals surface area (Å²) in [5, 5.41) is 4.31. The normalized spacial score (nSPS) is 21.6. The van der Waals surface area contributed by atoms with Crippen LogP contribution in [0.4, 0.5) is 4.39 Å². The van der Waals surface area contributed by atoms with E-state index >= 15 is 0 Å². The molecule has 1 unspecified atom stereocenters. The number of nitrogens with zero attached hydrogens (tertiary/aromatic N) is 2. The van der Waals surface area contributed by atoms with E-state index < -0.39 is 0 Å². The molecule has 4 nitrogen and oxygen atoms in total. The van der Waals surface area contributed by atoms with Crippen molar-refractivity contribution in [1.82, 2.24) is 9.78 Å². The first-order chi connectivity index (χ1) is 9.54. The summed E-state index contributed by atoms with van der Waals surface area (Å²) >= 11 is 0. The lowest BCUT2D eigenvalue weighted by Gasteiger charge is -2.29. The Bertz CT molecular complexity index is 623. The second-order valence-corrected chi connectivity index (χ2v) is 5.48. The molecule has 1 aromatic heterocycles. The Balaban J connectivity index is 1.90. The lowest BCUT2D eigenvalue weighted by Crippen LogP contribution is -2.24. The summed E-state index contributed by atoms with van der Waals surface area (Å²) in [5.41, 5.74) is 8.00. The standard InChI is InChI=1S/C15H18FN3O/c1-9(2)19-8-10(7-18-19)14-6-13(17)12-4-3-11(16)5-15(12)20-14/h3-5,7-9,13-14H,6,17H2,1-2H3/t13-,14?/m0/s1. The van der Waals surface area contributed by atoms with Gasteiger partial charge in [-0.3, -0.25) is 4.68 Å². The van der Waals surface area contributed by atoms with Crippen molar-refractivity contribution in [3.63, 3.8) is 0 Å². The Labute approximate surface area is 117 Å². The number of nitrogens with two attached hydrogens (primary N) is 1. The fourth-order valence-electron chi connectivity index (χ4n) is 2.48. The van der Waals surface area contributed by atoms with Gasteiger partial charge < -0.3 is 10.5 Å². The van der Waals surface area contributed by atoms with Crippen LogP contribution in [0.3, 0.4) is 0 Å². The quantitative estimate of drug-likeness (QED) is 0.916. The molecule has 5 heteroatoms. The molecular formula is C15H18FN3O. The van der Waals surface area contributed by atoms with Crippen LogP contribution >= 0.6 is 0 Å². The van der Waals surface area contributed by atoms with E-state index in [-0.39, 0.29) is 18.0 Å². The molecule has 0 radical (unpaired) electrons. The van der Waals surface area contributed by atoms with Gasteiger partial charge in [0, 0.05) is 41.9 Å². The van der Waals surface area contributed by atoms with Crippen molar-refractivity contribution in [2.24, 2.45) is 5.73 Å². The van der Waals surface area contributed by atoms with Gasteiger partial charge in [0.1, 0.15) is 17.7 Å². The molecule has 0 bridgehead atoms. The molecule has 0 saturated heterocycles. The van der Waals surface area contributed by atoms with Crippen LogP contribution in [0.25, 0.3) is 0 Å². The van der Waals surface area contributed by atoms with E-state index in [2.05, 4.69) is 18.9 Å². The third-order valence-corrected chi connectivity index (χ3v) is 3.63. The Morgan fingerprint density at radius 2 is 2.25 bits per heavy atom. The van der Waals surface area contributed by atoms with Gasteiger partial charge in [-0.05, 0) is 19.9 Å². The van der Waals surface area contributed by atoms with E-state index in [9.17, 15) is 4.39 Å². The average Bonchev–Trinajstić information content (AvgIpc) is 2.87. The molecule has 3 rings (SSSR count). The zero-order chi connectivity index (χ0) is 14.3. The minimum absolute atomic E-state index is 0.147. The maximum Gasteiger partial charge on any atom is 0.129 e. The first kappa shape index (κ1) is 13.1. The molecule has 2 atom stereocenters. The highest BCUT2D eigenvalue weighted by molar-refractivity contribution is 5.39. The lowest BCUT2D eigenvalue weighted by molar-refractivity contribution is 0.160. The first-order valence-corrected chi connectivity index (χ1v) is 6.80. The molecule has 2 N–H and O–H groups in total. The van der Waals surface area contributed by atoms with Gasteiger partial charge in [0.2, 0.25) is 0 Å². The molecule has 2 heterocycles. The van der Waals surface area contributed by atoms with Crippen LogP contribution < -0.4 is 10.5 Å². The highest BCUT2D eigenvalue weighted by atomic mass is 19.1. The first-order valence-electron chi connectivity index (χ1n) is 6.80. The fourth-order valence-corrected chi connectivity index (χ4v) is 2.48. The summed E-state index contributed by atoms with van der Waals surface area (Å²) in [4.78, 5) is 0. The Kier molecular flexibility index (Phi) is 3.22. The topological polar surface area (TPSA) is 53.1 Å². The molecule has 0 amide bonds. The van der Waals surface area contributed by atoms with Crippen LogP contribution in [0.2, 0.25) is 0 Å². The minimum Gasteiger partial charge on any atom is -0.485 e. The molecular weight excluding hydrogens is 257 g/mol. The highest BCUT2D eigenvalue weighted by Gasteiger charge is 2.28. The summed E-state index contributed by atoms with van der Waals surface area (Å²) in [6.07, 6.45) is 4.25. The SMILES string of the molecule is CC(C)n1cc(C2C[C@H](N)c3ccc(F)cc3O2)cn1. The van der Waals surface area contributed by atoms with Crippen LogP contribution in [-0.4, -0.2) is 9.78 Å². The van der Waals surface area contributed by atoms with Crippen molar-refractivity contribution in [1.29, 1.82) is 0 Å². The predicted octanol–water partition coefficient (Wildman–Crippen LogP) is 3.13. The number of fused-ring (bicyclic) bond motifs is 1. The molecule has 0 aliphatic carbocycles. The maximum absolute atomic E-state index is 13.3. The Hall–Kier alpha value is -1.88. The molecule has 20 heavy (non-hydrogen) atoms. The molecule has 2 aromatic rings. The van der Waals surface area contributed by atoms with Crippen LogP contribution in [0.5, 0.6) is 5.75 Å². The number of hydrogen-bond donors (Lipinski definition) is 1. The zero-order valence-electron chi connectivity index (χ0n) is 11.6. The maximum atomic E-state index is 13.3. The molecule has 0 fully saturated rings. The fraction of sp³-hybridized carbons (Fsp3) is 0.400. The third kappa shape index (κ3) is 2.29. The van der Waals surface area contributed by atoms with E-state index in [1.165, 1.54) is 12.1 Å². The van der Waals surface area contributed by atoms with Crippen molar-refractivity contribution >= 4 is 0 Å². The zero-order valence-corrected chi connectivity index (χ0v) is 11.6. The van der Waals surface area contributed by atoms with Gasteiger partial charge in [-0.1, -0.05) is 6.07 Å². The number of aromatic nitrogens is 2. The van der Waals surface area contributed by atoms with Crippen molar-refractivity contribution < 1.29 is 9.13 Å². The van der Waals surface area contributed by atoms with Crippen LogP contribution in [0, 0.1) is 5.82 Å². The largest absolute Gasteiger partial charge is 0.485 e. The van der Waals surface area contributed by atoms with Gasteiger partial charge in [0.15, 0.2) is 0 Å². The van der Waals surface area contributed by atoms with Crippen molar-refractivity contribution in [2.75, 3.05) is 0 Å². The summed E-state index contributed by atoms with van der Waals surface area (Å²) < 4.78 is 21.1. The summed E-state index contributed by atoms with van der Waals surface area (Å²) in [6.45, 7) is 4.13. The summed E-state index contributed by atoms with van der Waals surface area (Å²) in [7, 11) is 0. The number of hydrogen-bond acceptors (Lipinski definition) is 3. The number of halogens is 1. The monoisotopic (exact) mass is 275 g/mol. The Morgan fingerprint density at radius 1 is 1.45 bits per heavy atom. The van der Waals surface area contributed by atoms with E-state index in [1.54, 1.807) is 12.3 Å². The van der Waals surface area contributed by atoms with Crippen LogP contribution in [0.1, 0.15) is 49.6 Å². The molecule has 1 aliphatic heterocycles. The van der Waals surface area contributed by atoms with Gasteiger partial charge in [0.05, 0.1) is 6.20 Å². The lowest BCUT2D eigenvalue weighted by atomic mass is 9.95. The third-order valence-electron chi connectivity index (χ3n) is 3.63. The van der Waals surface area contributed by atoms with Gasteiger partial charge in [0.25, 0.3) is 0 Å². The average molecular weight is 275 g/mol. The minimum atomic E-state index is -0.311. The van der Waals surface area contributed by atoms with Crippen LogP contribution in [0.15, 0.2) is 30.6 Å². The second-order valence-electron chi connectivity index (χ2n) is 5.48. The second kappa shape index (κ2) is 4.90. The highest BCUT2D eigenvalue weighted by Crippen LogP contribution is 2.39. The summed E-state index contributed by atoms with van der Waals surface area (Å²) in [5.74, 6) is 0.223. The van der Waals surface area contributed by atoms with Gasteiger partial charge in [-0.15, -0.1) is 0 Å². The number of benzene rings is 1. The van der Waals surface area contributed by atoms with E-state index in [4.69, 9.17) is 10.5 Å². The van der Waals surface area contributed by atoms with Crippen LogP contribution in [-0.2, 0) is 0 Å². The van der Waals surface area contributed by atoms with Crippen molar-refractivity contribution in [3.8, 4) is 5.75 Å². The van der Waals surface area contributed by atoms with Gasteiger partial charge >= 0.3 is 0 Å². The number of ether oxygens (including phenoxy) is 1. The van der Waals surface area contributed by atoms with Gasteiger partial charge in [-0.2, -0.15) is 5.10 Å². The molecule has 1 aromatic carbocycles.